The molecule has 4 nitrogen and oxygen atoms in total. The first-order valence-corrected chi connectivity index (χ1v) is 3.59. The summed E-state index contributed by atoms with van der Waals surface area (Å²) < 4.78 is 4.53. The maximum Gasteiger partial charge on any atom is 0.312 e. The van der Waals surface area contributed by atoms with Crippen molar-refractivity contribution >= 4 is 5.97 Å². The summed E-state index contributed by atoms with van der Waals surface area (Å²) in [6.45, 7) is 1.15. The molecule has 0 aromatic carbocycles. The van der Waals surface area contributed by atoms with Gasteiger partial charge in [0.2, 0.25) is 0 Å². The predicted molar refractivity (Wildman–Crippen MR) is 39.0 cm³/mol. The molecule has 0 saturated carbocycles. The molecule has 1 aliphatic heterocycles. The molecular formula is C7H13NO3. The Labute approximate surface area is 65.8 Å². The van der Waals surface area contributed by atoms with Crippen molar-refractivity contribution < 1.29 is 14.6 Å². The van der Waals surface area contributed by atoms with Gasteiger partial charge in [0.15, 0.2) is 0 Å². The number of β-amino-alcohol motifs (C(OH)–C–C–N with tert-alkyl or cyclic N) is 1. The fraction of sp³-hybridized carbons (Fsp3) is 0.857. The molecule has 1 aliphatic rings. The van der Waals surface area contributed by atoms with Crippen LogP contribution in [0, 0.1) is 5.92 Å². The molecule has 11 heavy (non-hydrogen) atoms. The summed E-state index contributed by atoms with van der Waals surface area (Å²) in [5, 5.41) is 9.32. The number of aliphatic hydroxyl groups excluding tert-OH is 1. The van der Waals surface area contributed by atoms with E-state index in [4.69, 9.17) is 0 Å². The third-order valence-electron chi connectivity index (χ3n) is 1.98. The molecule has 4 heteroatoms. The number of hydrogen-bond donors (Lipinski definition) is 1. The minimum atomic E-state index is -0.563. The van der Waals surface area contributed by atoms with Crippen LogP contribution in [-0.2, 0) is 9.53 Å². The van der Waals surface area contributed by atoms with Gasteiger partial charge in [-0.15, -0.1) is 0 Å². The van der Waals surface area contributed by atoms with Gasteiger partial charge in [-0.05, 0) is 7.05 Å². The molecule has 0 aromatic rings. The lowest BCUT2D eigenvalue weighted by molar-refractivity contribution is -0.147. The summed E-state index contributed by atoms with van der Waals surface area (Å²) in [6.07, 6.45) is -0.563. The molecule has 1 heterocycles. The molecule has 1 fully saturated rings. The molecule has 1 rings (SSSR count). The van der Waals surface area contributed by atoms with E-state index in [1.165, 1.54) is 7.11 Å². The van der Waals surface area contributed by atoms with Crippen LogP contribution in [0.1, 0.15) is 0 Å². The Bertz CT molecular complexity index is 160. The lowest BCUT2D eigenvalue weighted by atomic mass is 10.1. The van der Waals surface area contributed by atoms with Crippen molar-refractivity contribution in [1.29, 1.82) is 0 Å². The summed E-state index contributed by atoms with van der Waals surface area (Å²) in [5.74, 6) is -0.674. The number of ether oxygens (including phenoxy) is 1. The molecule has 0 bridgehead atoms. The molecule has 0 aromatic heterocycles. The Hall–Kier alpha value is -0.610. The van der Waals surface area contributed by atoms with Gasteiger partial charge in [0.1, 0.15) is 0 Å². The zero-order valence-electron chi connectivity index (χ0n) is 6.78. The Balaban J connectivity index is 2.52. The van der Waals surface area contributed by atoms with Gasteiger partial charge in [-0.25, -0.2) is 0 Å². The highest BCUT2D eigenvalue weighted by Crippen LogP contribution is 2.16. The molecule has 0 radical (unpaired) electrons. The van der Waals surface area contributed by atoms with Crippen molar-refractivity contribution in [3.63, 3.8) is 0 Å². The number of rotatable bonds is 1. The Morgan fingerprint density at radius 2 is 2.27 bits per heavy atom. The second-order valence-corrected chi connectivity index (χ2v) is 2.92. The normalized spacial score (nSPS) is 32.3. The first-order chi connectivity index (χ1) is 5.15. The van der Waals surface area contributed by atoms with E-state index in [-0.39, 0.29) is 11.9 Å². The summed E-state index contributed by atoms with van der Waals surface area (Å²) in [5.41, 5.74) is 0. The number of likely N-dealkylation sites (N-methyl/N-ethyl adjacent to an activating group) is 1. The largest absolute Gasteiger partial charge is 0.469 e. The van der Waals surface area contributed by atoms with E-state index in [1.54, 1.807) is 0 Å². The standard InChI is InChI=1S/C7H13NO3/c1-8-3-5(6(9)4-8)7(10)11-2/h5-6,9H,3-4H2,1-2H3/t5-,6?/m0/s1. The van der Waals surface area contributed by atoms with Crippen LogP contribution >= 0.6 is 0 Å². The molecule has 0 spiro atoms. The minimum absolute atomic E-state index is 0.318. The number of hydrogen-bond acceptors (Lipinski definition) is 4. The lowest BCUT2D eigenvalue weighted by Crippen LogP contribution is -2.27. The smallest absolute Gasteiger partial charge is 0.312 e. The zero-order chi connectivity index (χ0) is 8.43. The van der Waals surface area contributed by atoms with Crippen molar-refractivity contribution in [2.75, 3.05) is 27.2 Å². The van der Waals surface area contributed by atoms with Gasteiger partial charge in [0, 0.05) is 13.1 Å². The van der Waals surface area contributed by atoms with Crippen LogP contribution in [0.5, 0.6) is 0 Å². The van der Waals surface area contributed by atoms with Crippen molar-refractivity contribution in [3.8, 4) is 0 Å². The average Bonchev–Trinajstić information content (AvgIpc) is 2.28. The van der Waals surface area contributed by atoms with E-state index in [0.717, 1.165) is 0 Å². The number of carbonyl (C=O) groups is 1. The Morgan fingerprint density at radius 1 is 1.64 bits per heavy atom. The topological polar surface area (TPSA) is 49.8 Å². The SMILES string of the molecule is COC(=O)[C@H]1CN(C)CC1O. The van der Waals surface area contributed by atoms with E-state index in [2.05, 4.69) is 4.74 Å². The number of carbonyl (C=O) groups excluding carboxylic acids is 1. The van der Waals surface area contributed by atoms with Gasteiger partial charge >= 0.3 is 5.97 Å². The third-order valence-corrected chi connectivity index (χ3v) is 1.98. The van der Waals surface area contributed by atoms with Crippen LogP contribution in [0.3, 0.4) is 0 Å². The van der Waals surface area contributed by atoms with Gasteiger partial charge in [-0.2, -0.15) is 0 Å². The first-order valence-electron chi connectivity index (χ1n) is 3.59. The van der Waals surface area contributed by atoms with Crippen LogP contribution in [0.15, 0.2) is 0 Å². The molecule has 2 atom stereocenters. The fourth-order valence-corrected chi connectivity index (χ4v) is 1.36. The monoisotopic (exact) mass is 159 g/mol. The Kier molecular flexibility index (Phi) is 2.46. The highest BCUT2D eigenvalue weighted by Gasteiger charge is 2.35. The maximum atomic E-state index is 11.0. The molecule has 1 N–H and O–H groups in total. The average molecular weight is 159 g/mol. The summed E-state index contributed by atoms with van der Waals surface area (Å²) in [6, 6.07) is 0. The van der Waals surface area contributed by atoms with Crippen molar-refractivity contribution in [2.45, 2.75) is 6.10 Å². The first kappa shape index (κ1) is 8.49. The molecule has 0 aliphatic carbocycles. The van der Waals surface area contributed by atoms with Gasteiger partial charge in [0.25, 0.3) is 0 Å². The minimum Gasteiger partial charge on any atom is -0.469 e. The summed E-state index contributed by atoms with van der Waals surface area (Å²) in [4.78, 5) is 12.9. The second-order valence-electron chi connectivity index (χ2n) is 2.92. The van der Waals surface area contributed by atoms with E-state index < -0.39 is 6.10 Å². The van der Waals surface area contributed by atoms with E-state index >= 15 is 0 Å². The number of aliphatic hydroxyl groups is 1. The third kappa shape index (κ3) is 1.70. The number of nitrogens with zero attached hydrogens (tertiary/aromatic N) is 1. The Morgan fingerprint density at radius 3 is 2.64 bits per heavy atom. The quantitative estimate of drug-likeness (QED) is 0.503. The highest BCUT2D eigenvalue weighted by atomic mass is 16.5. The van der Waals surface area contributed by atoms with Gasteiger partial charge < -0.3 is 14.7 Å². The van der Waals surface area contributed by atoms with Crippen LogP contribution in [0.2, 0.25) is 0 Å². The van der Waals surface area contributed by atoms with Crippen LogP contribution < -0.4 is 0 Å². The molecule has 0 amide bonds. The maximum absolute atomic E-state index is 11.0. The molecule has 64 valence electrons. The van der Waals surface area contributed by atoms with Crippen molar-refractivity contribution in [3.05, 3.63) is 0 Å². The van der Waals surface area contributed by atoms with Crippen molar-refractivity contribution in [2.24, 2.45) is 5.92 Å². The van der Waals surface area contributed by atoms with Gasteiger partial charge in [-0.3, -0.25) is 4.79 Å². The van der Waals surface area contributed by atoms with Crippen LogP contribution in [0.4, 0.5) is 0 Å². The number of likely N-dealkylation sites (tertiary alicyclic amines) is 1. The van der Waals surface area contributed by atoms with Crippen LogP contribution in [-0.4, -0.2) is 49.3 Å². The van der Waals surface area contributed by atoms with E-state index in [1.807, 2.05) is 11.9 Å². The second kappa shape index (κ2) is 3.19. The van der Waals surface area contributed by atoms with E-state index in [9.17, 15) is 9.90 Å². The summed E-state index contributed by atoms with van der Waals surface area (Å²) >= 11 is 0. The molecular weight excluding hydrogens is 146 g/mol. The summed E-state index contributed by atoms with van der Waals surface area (Å²) in [7, 11) is 3.21. The molecule has 1 unspecified atom stereocenters. The zero-order valence-corrected chi connectivity index (χ0v) is 6.78. The number of esters is 1. The highest BCUT2D eigenvalue weighted by molar-refractivity contribution is 5.73. The van der Waals surface area contributed by atoms with Crippen LogP contribution in [0.25, 0.3) is 0 Å². The van der Waals surface area contributed by atoms with Crippen molar-refractivity contribution in [1.82, 2.24) is 4.90 Å². The predicted octanol–water partition coefficient (Wildman–Crippen LogP) is -0.918. The van der Waals surface area contributed by atoms with Gasteiger partial charge in [0.05, 0.1) is 19.1 Å². The lowest BCUT2D eigenvalue weighted by Gasteiger charge is -2.09. The van der Waals surface area contributed by atoms with E-state index in [0.29, 0.717) is 13.1 Å². The number of methoxy groups -OCH3 is 1. The molecule has 1 saturated heterocycles. The fourth-order valence-electron chi connectivity index (χ4n) is 1.36. The van der Waals surface area contributed by atoms with Gasteiger partial charge in [-0.1, -0.05) is 0 Å².